The first kappa shape index (κ1) is 12.0. The van der Waals surface area contributed by atoms with Gasteiger partial charge in [0.1, 0.15) is 5.75 Å². The quantitative estimate of drug-likeness (QED) is 0.375. The van der Waals surface area contributed by atoms with Crippen molar-refractivity contribution in [2.24, 2.45) is 5.84 Å². The standard InChI is InChI=1S/C10H12N2O4/c11-12-9(13)5-6-16-8-3-1-7(2-4-8)10(14)15/h1-4H,5-6,11H2,(H,12,13)(H,14,15). The Morgan fingerprint density at radius 1 is 1.31 bits per heavy atom. The van der Waals surface area contributed by atoms with Gasteiger partial charge in [0, 0.05) is 0 Å². The molecule has 0 atom stereocenters. The number of hydrogen-bond acceptors (Lipinski definition) is 4. The van der Waals surface area contributed by atoms with Gasteiger partial charge in [-0.15, -0.1) is 0 Å². The first-order chi connectivity index (χ1) is 7.63. The molecule has 0 fully saturated rings. The van der Waals surface area contributed by atoms with E-state index in [1.54, 1.807) is 0 Å². The number of hydrazine groups is 1. The fraction of sp³-hybridized carbons (Fsp3) is 0.200. The van der Waals surface area contributed by atoms with Crippen LogP contribution in [0.3, 0.4) is 0 Å². The molecular weight excluding hydrogens is 212 g/mol. The number of hydrogen-bond donors (Lipinski definition) is 3. The van der Waals surface area contributed by atoms with Gasteiger partial charge in [-0.2, -0.15) is 0 Å². The van der Waals surface area contributed by atoms with E-state index in [0.717, 1.165) is 0 Å². The number of amides is 1. The van der Waals surface area contributed by atoms with Crippen LogP contribution in [-0.2, 0) is 4.79 Å². The monoisotopic (exact) mass is 224 g/mol. The SMILES string of the molecule is NNC(=O)CCOc1ccc(C(=O)O)cc1. The van der Waals surface area contributed by atoms with Gasteiger partial charge in [0.15, 0.2) is 0 Å². The molecular formula is C10H12N2O4. The molecule has 1 aromatic carbocycles. The molecule has 0 aliphatic carbocycles. The second-order valence-electron chi connectivity index (χ2n) is 3.00. The molecule has 0 unspecified atom stereocenters. The minimum Gasteiger partial charge on any atom is -0.493 e. The molecule has 4 N–H and O–H groups in total. The smallest absolute Gasteiger partial charge is 0.335 e. The maximum absolute atomic E-state index is 10.8. The molecule has 0 aliphatic rings. The molecule has 0 heterocycles. The Morgan fingerprint density at radius 3 is 2.44 bits per heavy atom. The largest absolute Gasteiger partial charge is 0.493 e. The highest BCUT2D eigenvalue weighted by Gasteiger charge is 2.03. The molecule has 0 aromatic heterocycles. The van der Waals surface area contributed by atoms with Crippen molar-refractivity contribution in [3.8, 4) is 5.75 Å². The Kier molecular flexibility index (Phi) is 4.28. The molecule has 16 heavy (non-hydrogen) atoms. The Hall–Kier alpha value is -2.08. The fourth-order valence-corrected chi connectivity index (χ4v) is 1.03. The van der Waals surface area contributed by atoms with Crippen LogP contribution in [0.2, 0.25) is 0 Å². The summed E-state index contributed by atoms with van der Waals surface area (Å²) in [5.41, 5.74) is 2.17. The molecule has 86 valence electrons. The first-order valence-electron chi connectivity index (χ1n) is 4.59. The van der Waals surface area contributed by atoms with Gasteiger partial charge in [0.25, 0.3) is 0 Å². The van der Waals surface area contributed by atoms with Crippen molar-refractivity contribution in [1.29, 1.82) is 0 Å². The summed E-state index contributed by atoms with van der Waals surface area (Å²) >= 11 is 0. The number of aromatic carboxylic acids is 1. The lowest BCUT2D eigenvalue weighted by Gasteiger charge is -2.05. The van der Waals surface area contributed by atoms with Gasteiger partial charge in [0.05, 0.1) is 18.6 Å². The summed E-state index contributed by atoms with van der Waals surface area (Å²) in [5, 5.41) is 8.65. The predicted octanol–water partition coefficient (Wildman–Crippen LogP) is 0.144. The number of nitrogens with one attached hydrogen (secondary N) is 1. The highest BCUT2D eigenvalue weighted by Crippen LogP contribution is 2.12. The number of ether oxygens (including phenoxy) is 1. The van der Waals surface area contributed by atoms with Crippen molar-refractivity contribution in [3.63, 3.8) is 0 Å². The average Bonchev–Trinajstić information content (AvgIpc) is 2.29. The van der Waals surface area contributed by atoms with E-state index < -0.39 is 5.97 Å². The summed E-state index contributed by atoms with van der Waals surface area (Å²) < 4.78 is 5.20. The molecule has 1 aromatic rings. The van der Waals surface area contributed by atoms with Crippen LogP contribution in [0.15, 0.2) is 24.3 Å². The zero-order valence-corrected chi connectivity index (χ0v) is 8.47. The second kappa shape index (κ2) is 5.72. The van der Waals surface area contributed by atoms with Gasteiger partial charge in [-0.25, -0.2) is 10.6 Å². The maximum Gasteiger partial charge on any atom is 0.335 e. The minimum atomic E-state index is -0.992. The van der Waals surface area contributed by atoms with Gasteiger partial charge >= 0.3 is 5.97 Å². The summed E-state index contributed by atoms with van der Waals surface area (Å²) in [6, 6.07) is 5.93. The van der Waals surface area contributed by atoms with Crippen LogP contribution in [0.25, 0.3) is 0 Å². The first-order valence-corrected chi connectivity index (χ1v) is 4.59. The van der Waals surface area contributed by atoms with E-state index in [9.17, 15) is 9.59 Å². The van der Waals surface area contributed by atoms with E-state index in [0.29, 0.717) is 5.75 Å². The van der Waals surface area contributed by atoms with E-state index in [-0.39, 0.29) is 24.5 Å². The van der Waals surface area contributed by atoms with Crippen LogP contribution < -0.4 is 16.0 Å². The summed E-state index contributed by atoms with van der Waals surface area (Å²) in [5.74, 6) is 4.08. The highest BCUT2D eigenvalue weighted by molar-refractivity contribution is 5.87. The van der Waals surface area contributed by atoms with Gasteiger partial charge in [-0.05, 0) is 24.3 Å². The second-order valence-corrected chi connectivity index (χ2v) is 3.00. The summed E-state index contributed by atoms with van der Waals surface area (Å²) in [4.78, 5) is 21.3. The van der Waals surface area contributed by atoms with Crippen LogP contribution in [0, 0.1) is 0 Å². The van der Waals surface area contributed by atoms with Gasteiger partial charge in [0.2, 0.25) is 5.91 Å². The number of rotatable bonds is 5. The summed E-state index contributed by atoms with van der Waals surface area (Å²) in [6.07, 6.45) is 0.150. The van der Waals surface area contributed by atoms with Crippen molar-refractivity contribution in [3.05, 3.63) is 29.8 Å². The van der Waals surface area contributed by atoms with Crippen LogP contribution in [0.5, 0.6) is 5.75 Å². The molecule has 0 saturated carbocycles. The molecule has 0 aliphatic heterocycles. The van der Waals surface area contributed by atoms with Gasteiger partial charge in [-0.3, -0.25) is 10.2 Å². The van der Waals surface area contributed by atoms with E-state index in [2.05, 4.69) is 0 Å². The lowest BCUT2D eigenvalue weighted by atomic mass is 10.2. The van der Waals surface area contributed by atoms with Gasteiger partial charge < -0.3 is 9.84 Å². The highest BCUT2D eigenvalue weighted by atomic mass is 16.5. The molecule has 6 nitrogen and oxygen atoms in total. The van der Waals surface area contributed by atoms with E-state index in [1.165, 1.54) is 24.3 Å². The number of carboxylic acids is 1. The van der Waals surface area contributed by atoms with Crippen LogP contribution >= 0.6 is 0 Å². The zero-order valence-electron chi connectivity index (χ0n) is 8.47. The molecule has 0 radical (unpaired) electrons. The maximum atomic E-state index is 10.8. The number of carbonyl (C=O) groups is 2. The number of nitrogens with two attached hydrogens (primary N) is 1. The lowest BCUT2D eigenvalue weighted by molar-refractivity contribution is -0.121. The molecule has 0 bridgehead atoms. The van der Waals surface area contributed by atoms with Crippen molar-refractivity contribution in [2.45, 2.75) is 6.42 Å². The fourth-order valence-electron chi connectivity index (χ4n) is 1.03. The van der Waals surface area contributed by atoms with Crippen LogP contribution in [0.1, 0.15) is 16.8 Å². The lowest BCUT2D eigenvalue weighted by Crippen LogP contribution is -2.31. The topological polar surface area (TPSA) is 102 Å². The number of benzene rings is 1. The molecule has 0 spiro atoms. The van der Waals surface area contributed by atoms with E-state index >= 15 is 0 Å². The van der Waals surface area contributed by atoms with Crippen molar-refractivity contribution in [2.75, 3.05) is 6.61 Å². The Bertz CT molecular complexity index is 375. The third-order valence-electron chi connectivity index (χ3n) is 1.86. The van der Waals surface area contributed by atoms with Gasteiger partial charge in [-0.1, -0.05) is 0 Å². The van der Waals surface area contributed by atoms with E-state index in [4.69, 9.17) is 15.7 Å². The Labute approximate surface area is 92.0 Å². The number of carbonyl (C=O) groups excluding carboxylic acids is 1. The normalized spacial score (nSPS) is 9.56. The molecule has 0 saturated heterocycles. The minimum absolute atomic E-state index is 0.150. The number of carboxylic acid groups (broad SMARTS) is 1. The molecule has 1 rings (SSSR count). The van der Waals surface area contributed by atoms with Crippen molar-refractivity contribution in [1.82, 2.24) is 5.43 Å². The third-order valence-corrected chi connectivity index (χ3v) is 1.86. The summed E-state index contributed by atoms with van der Waals surface area (Å²) in [7, 11) is 0. The molecule has 6 heteroatoms. The van der Waals surface area contributed by atoms with Crippen molar-refractivity contribution >= 4 is 11.9 Å². The Morgan fingerprint density at radius 2 is 1.94 bits per heavy atom. The summed E-state index contributed by atoms with van der Waals surface area (Å²) in [6.45, 7) is 0.190. The molecule has 1 amide bonds. The van der Waals surface area contributed by atoms with E-state index in [1.807, 2.05) is 5.43 Å². The van der Waals surface area contributed by atoms with Crippen molar-refractivity contribution < 1.29 is 19.4 Å². The Balaban J connectivity index is 2.43. The average molecular weight is 224 g/mol. The van der Waals surface area contributed by atoms with Crippen LogP contribution in [0.4, 0.5) is 0 Å². The predicted molar refractivity (Wildman–Crippen MR) is 55.8 cm³/mol. The third kappa shape index (κ3) is 3.58. The zero-order chi connectivity index (χ0) is 12.0. The van der Waals surface area contributed by atoms with Crippen LogP contribution in [-0.4, -0.2) is 23.6 Å².